The Hall–Kier alpha value is -1.18. The van der Waals surface area contributed by atoms with E-state index in [0.29, 0.717) is 36.1 Å². The smallest absolute Gasteiger partial charge is 0.253 e. The first-order chi connectivity index (χ1) is 12.8. The number of benzene rings is 1. The van der Waals surface area contributed by atoms with Crippen molar-refractivity contribution in [1.29, 1.82) is 0 Å². The van der Waals surface area contributed by atoms with Crippen LogP contribution in [0, 0.1) is 0 Å². The number of hydrogen-bond acceptors (Lipinski definition) is 5. The Morgan fingerprint density at radius 1 is 1.19 bits per heavy atom. The molecule has 150 valence electrons. The molecule has 0 radical (unpaired) electrons. The SMILES string of the molecule is CC(C)N1CCN(C[C@@]2(O)CN(C(=O)c3ccc(Cl)cc3)CC[C@@H]2O)CC1. The molecule has 2 fully saturated rings. The Morgan fingerprint density at radius 2 is 1.81 bits per heavy atom. The van der Waals surface area contributed by atoms with Gasteiger partial charge in [0.25, 0.3) is 5.91 Å². The summed E-state index contributed by atoms with van der Waals surface area (Å²) in [7, 11) is 0. The molecule has 0 saturated carbocycles. The molecule has 2 atom stereocenters. The van der Waals surface area contributed by atoms with Crippen molar-refractivity contribution in [2.75, 3.05) is 45.8 Å². The summed E-state index contributed by atoms with van der Waals surface area (Å²) in [6, 6.07) is 7.28. The van der Waals surface area contributed by atoms with Gasteiger partial charge in [0.2, 0.25) is 0 Å². The number of carbonyl (C=O) groups excluding carboxylic acids is 1. The van der Waals surface area contributed by atoms with E-state index in [0.717, 1.165) is 26.2 Å². The van der Waals surface area contributed by atoms with Crippen molar-refractivity contribution < 1.29 is 15.0 Å². The number of rotatable bonds is 4. The van der Waals surface area contributed by atoms with E-state index in [1.165, 1.54) is 0 Å². The van der Waals surface area contributed by atoms with Crippen molar-refractivity contribution in [2.45, 2.75) is 38.0 Å². The summed E-state index contributed by atoms with van der Waals surface area (Å²) in [5.74, 6) is -0.137. The van der Waals surface area contributed by atoms with E-state index in [1.54, 1.807) is 29.2 Å². The Kier molecular flexibility index (Phi) is 6.43. The molecule has 0 aromatic heterocycles. The molecule has 6 nitrogen and oxygen atoms in total. The van der Waals surface area contributed by atoms with Gasteiger partial charge in [-0.25, -0.2) is 0 Å². The quantitative estimate of drug-likeness (QED) is 0.804. The summed E-state index contributed by atoms with van der Waals surface area (Å²) in [6.07, 6.45) is -0.447. The largest absolute Gasteiger partial charge is 0.390 e. The zero-order valence-corrected chi connectivity index (χ0v) is 16.9. The van der Waals surface area contributed by atoms with Crippen LogP contribution in [-0.4, -0.2) is 94.4 Å². The van der Waals surface area contributed by atoms with Gasteiger partial charge in [-0.15, -0.1) is 0 Å². The monoisotopic (exact) mass is 395 g/mol. The number of aliphatic hydroxyl groups excluding tert-OH is 1. The number of nitrogens with zero attached hydrogens (tertiary/aromatic N) is 3. The van der Waals surface area contributed by atoms with Gasteiger partial charge in [0, 0.05) is 55.9 Å². The molecule has 2 aliphatic heterocycles. The Labute approximate surface area is 166 Å². The van der Waals surface area contributed by atoms with Gasteiger partial charge >= 0.3 is 0 Å². The van der Waals surface area contributed by atoms with Crippen LogP contribution in [0.25, 0.3) is 0 Å². The van der Waals surface area contributed by atoms with E-state index in [2.05, 4.69) is 23.6 Å². The van der Waals surface area contributed by atoms with Gasteiger partial charge in [0.1, 0.15) is 5.60 Å². The fourth-order valence-electron chi connectivity index (χ4n) is 3.99. The number of β-amino-alcohol motifs (C(OH)–C–C–N with tert-alkyl or cyclic N) is 1. The summed E-state index contributed by atoms with van der Waals surface area (Å²) in [4.78, 5) is 19.0. The highest BCUT2D eigenvalue weighted by atomic mass is 35.5. The van der Waals surface area contributed by atoms with Gasteiger partial charge in [-0.3, -0.25) is 14.6 Å². The molecular formula is C20H30ClN3O3. The van der Waals surface area contributed by atoms with Gasteiger partial charge in [-0.05, 0) is 44.5 Å². The van der Waals surface area contributed by atoms with E-state index in [1.807, 2.05) is 0 Å². The summed E-state index contributed by atoms with van der Waals surface area (Å²) >= 11 is 5.90. The van der Waals surface area contributed by atoms with E-state index >= 15 is 0 Å². The molecule has 1 amide bonds. The van der Waals surface area contributed by atoms with Crippen molar-refractivity contribution >= 4 is 17.5 Å². The van der Waals surface area contributed by atoms with Gasteiger partial charge in [-0.2, -0.15) is 0 Å². The average Bonchev–Trinajstić information content (AvgIpc) is 2.64. The van der Waals surface area contributed by atoms with Crippen molar-refractivity contribution in [1.82, 2.24) is 14.7 Å². The Morgan fingerprint density at radius 3 is 2.41 bits per heavy atom. The van der Waals surface area contributed by atoms with E-state index in [-0.39, 0.29) is 12.5 Å². The Bertz CT molecular complexity index is 646. The summed E-state index contributed by atoms with van der Waals surface area (Å²) in [6.45, 7) is 8.96. The third kappa shape index (κ3) is 4.81. The van der Waals surface area contributed by atoms with Crippen LogP contribution in [0.2, 0.25) is 5.02 Å². The first-order valence-electron chi connectivity index (χ1n) is 9.70. The van der Waals surface area contributed by atoms with Gasteiger partial charge in [0.05, 0.1) is 12.6 Å². The summed E-state index contributed by atoms with van der Waals surface area (Å²) in [5.41, 5.74) is -0.760. The van der Waals surface area contributed by atoms with Crippen LogP contribution < -0.4 is 0 Å². The minimum atomic E-state index is -1.31. The highest BCUT2D eigenvalue weighted by Gasteiger charge is 2.44. The second-order valence-electron chi connectivity index (χ2n) is 8.05. The fourth-order valence-corrected chi connectivity index (χ4v) is 4.12. The van der Waals surface area contributed by atoms with Gasteiger partial charge < -0.3 is 15.1 Å². The number of piperidine rings is 1. The van der Waals surface area contributed by atoms with Gasteiger partial charge in [0.15, 0.2) is 0 Å². The number of aliphatic hydroxyl groups is 2. The van der Waals surface area contributed by atoms with Crippen LogP contribution in [-0.2, 0) is 0 Å². The van der Waals surface area contributed by atoms with Crippen LogP contribution >= 0.6 is 11.6 Å². The topological polar surface area (TPSA) is 67.2 Å². The molecule has 0 unspecified atom stereocenters. The van der Waals surface area contributed by atoms with Crippen LogP contribution in [0.4, 0.5) is 0 Å². The molecule has 1 aromatic rings. The van der Waals surface area contributed by atoms with Crippen molar-refractivity contribution in [3.05, 3.63) is 34.9 Å². The third-order valence-corrected chi connectivity index (χ3v) is 6.02. The molecular weight excluding hydrogens is 366 g/mol. The maximum absolute atomic E-state index is 12.8. The molecule has 27 heavy (non-hydrogen) atoms. The molecule has 2 saturated heterocycles. The van der Waals surface area contributed by atoms with Crippen LogP contribution in [0.1, 0.15) is 30.6 Å². The highest BCUT2D eigenvalue weighted by Crippen LogP contribution is 2.25. The molecule has 7 heteroatoms. The maximum atomic E-state index is 12.8. The molecule has 2 N–H and O–H groups in total. The molecule has 2 aliphatic rings. The standard InChI is InChI=1S/C20H30ClN3O3/c1-15(2)23-11-9-22(10-12-23)13-20(27)14-24(8-7-18(20)25)19(26)16-3-5-17(21)6-4-16/h3-6,15,18,25,27H,7-14H2,1-2H3/t18-,20+/m0/s1. The number of hydrogen-bond donors (Lipinski definition) is 2. The lowest BCUT2D eigenvalue weighted by Gasteiger charge is -2.46. The zero-order valence-electron chi connectivity index (χ0n) is 16.1. The summed E-state index contributed by atoms with van der Waals surface area (Å²) < 4.78 is 0. The number of carbonyl (C=O) groups is 1. The lowest BCUT2D eigenvalue weighted by Crippen LogP contribution is -2.64. The average molecular weight is 396 g/mol. The van der Waals surface area contributed by atoms with Crippen LogP contribution in [0.3, 0.4) is 0 Å². The summed E-state index contributed by atoms with van der Waals surface area (Å²) in [5, 5.41) is 22.2. The van der Waals surface area contributed by atoms with Gasteiger partial charge in [-0.1, -0.05) is 11.6 Å². The van der Waals surface area contributed by atoms with E-state index in [9.17, 15) is 15.0 Å². The lowest BCUT2D eigenvalue weighted by molar-refractivity contribution is -0.130. The molecule has 3 rings (SSSR count). The van der Waals surface area contributed by atoms with Crippen LogP contribution in [0.5, 0.6) is 0 Å². The van der Waals surface area contributed by atoms with E-state index in [4.69, 9.17) is 11.6 Å². The maximum Gasteiger partial charge on any atom is 0.253 e. The third-order valence-electron chi connectivity index (χ3n) is 5.77. The molecule has 0 spiro atoms. The molecule has 2 heterocycles. The van der Waals surface area contributed by atoms with Crippen molar-refractivity contribution in [3.63, 3.8) is 0 Å². The number of amides is 1. The normalized spacial score (nSPS) is 27.9. The second-order valence-corrected chi connectivity index (χ2v) is 8.48. The minimum Gasteiger partial charge on any atom is -0.390 e. The predicted octanol–water partition coefficient (Wildman–Crippen LogP) is 1.30. The minimum absolute atomic E-state index is 0.137. The van der Waals surface area contributed by atoms with Crippen molar-refractivity contribution in [3.8, 4) is 0 Å². The first kappa shape index (κ1) is 20.6. The molecule has 0 aliphatic carbocycles. The van der Waals surface area contributed by atoms with Crippen LogP contribution in [0.15, 0.2) is 24.3 Å². The number of halogens is 1. The molecule has 0 bridgehead atoms. The van der Waals surface area contributed by atoms with E-state index < -0.39 is 11.7 Å². The highest BCUT2D eigenvalue weighted by molar-refractivity contribution is 6.30. The predicted molar refractivity (Wildman–Crippen MR) is 106 cm³/mol. The number of likely N-dealkylation sites (tertiary alicyclic amines) is 1. The lowest BCUT2D eigenvalue weighted by atomic mass is 9.88. The molecule has 1 aromatic carbocycles. The zero-order chi connectivity index (χ0) is 19.6. The first-order valence-corrected chi connectivity index (χ1v) is 10.1. The Balaban J connectivity index is 1.63. The second kappa shape index (κ2) is 8.45. The fraction of sp³-hybridized carbons (Fsp3) is 0.650. The van der Waals surface area contributed by atoms with Crippen molar-refractivity contribution in [2.24, 2.45) is 0 Å². The number of piperazine rings is 1.